The van der Waals surface area contributed by atoms with Gasteiger partial charge in [-0.1, -0.05) is 6.92 Å². The Bertz CT molecular complexity index is 368. The molecular weight excluding hydrogens is 248 g/mol. The number of hydrogen-bond donors (Lipinski definition) is 2. The summed E-state index contributed by atoms with van der Waals surface area (Å²) >= 11 is 0. The molecule has 108 valence electrons. The zero-order valence-electron chi connectivity index (χ0n) is 11.5. The van der Waals surface area contributed by atoms with Gasteiger partial charge in [0.15, 0.2) is 0 Å². The van der Waals surface area contributed by atoms with Crippen LogP contribution in [0.15, 0.2) is 0 Å². The lowest BCUT2D eigenvalue weighted by Gasteiger charge is -2.42. The van der Waals surface area contributed by atoms with Crippen LogP contribution in [0.25, 0.3) is 0 Å². The number of carbonyl (C=O) groups excluding carboxylic acids is 1. The van der Waals surface area contributed by atoms with Gasteiger partial charge in [-0.15, -0.1) is 0 Å². The van der Waals surface area contributed by atoms with E-state index in [0.29, 0.717) is 31.8 Å². The third-order valence-corrected chi connectivity index (χ3v) is 4.44. The number of aliphatic carboxylic acids is 1. The number of likely N-dealkylation sites (tertiary alicyclic amines) is 1. The molecule has 0 spiro atoms. The van der Waals surface area contributed by atoms with Crippen molar-refractivity contribution in [2.75, 3.05) is 20.2 Å². The number of carboxylic acids is 1. The fraction of sp³-hybridized carbons (Fsp3) is 0.846. The van der Waals surface area contributed by atoms with Gasteiger partial charge in [-0.3, -0.25) is 0 Å². The van der Waals surface area contributed by atoms with E-state index in [0.717, 1.165) is 12.8 Å². The number of urea groups is 1. The van der Waals surface area contributed by atoms with Crippen LogP contribution in [-0.4, -0.2) is 53.8 Å². The molecule has 1 aliphatic heterocycles. The maximum atomic E-state index is 12.2. The first kappa shape index (κ1) is 14.1. The lowest BCUT2D eigenvalue weighted by atomic mass is 9.77. The summed E-state index contributed by atoms with van der Waals surface area (Å²) in [7, 11) is 1.65. The van der Waals surface area contributed by atoms with Crippen molar-refractivity contribution in [3.8, 4) is 0 Å². The molecule has 1 saturated heterocycles. The van der Waals surface area contributed by atoms with Gasteiger partial charge in [0.2, 0.25) is 0 Å². The zero-order chi connectivity index (χ0) is 14.0. The molecule has 1 saturated carbocycles. The summed E-state index contributed by atoms with van der Waals surface area (Å²) in [6, 6.07) is -0.281. The van der Waals surface area contributed by atoms with E-state index >= 15 is 0 Å². The molecule has 0 bridgehead atoms. The number of nitrogens with one attached hydrogen (secondary N) is 1. The van der Waals surface area contributed by atoms with E-state index in [9.17, 15) is 14.7 Å². The van der Waals surface area contributed by atoms with Gasteiger partial charge in [-0.25, -0.2) is 9.59 Å². The van der Waals surface area contributed by atoms with Crippen molar-refractivity contribution in [1.82, 2.24) is 10.2 Å². The van der Waals surface area contributed by atoms with Gasteiger partial charge in [0.25, 0.3) is 0 Å². The topological polar surface area (TPSA) is 78.9 Å². The number of rotatable bonds is 3. The quantitative estimate of drug-likeness (QED) is 0.803. The molecule has 0 aromatic rings. The molecule has 0 radical (unpaired) electrons. The summed E-state index contributed by atoms with van der Waals surface area (Å²) in [5.74, 6) is -0.507. The van der Waals surface area contributed by atoms with Crippen LogP contribution in [-0.2, 0) is 9.53 Å². The van der Waals surface area contributed by atoms with Gasteiger partial charge >= 0.3 is 12.0 Å². The molecule has 19 heavy (non-hydrogen) atoms. The van der Waals surface area contributed by atoms with Crippen LogP contribution in [0.1, 0.15) is 32.6 Å². The molecule has 6 nitrogen and oxygen atoms in total. The smallest absolute Gasteiger partial charge is 0.329 e. The van der Waals surface area contributed by atoms with Crippen LogP contribution in [0.3, 0.4) is 0 Å². The van der Waals surface area contributed by atoms with Crippen molar-refractivity contribution in [3.63, 3.8) is 0 Å². The summed E-state index contributed by atoms with van der Waals surface area (Å²) in [5.41, 5.74) is -1.04. The van der Waals surface area contributed by atoms with Crippen molar-refractivity contribution in [3.05, 3.63) is 0 Å². The number of methoxy groups -OCH3 is 1. The SMILES string of the molecule is COC1CN(C(=O)NC2(C(=O)O)CCC2)CCC1C. The van der Waals surface area contributed by atoms with E-state index < -0.39 is 11.5 Å². The van der Waals surface area contributed by atoms with Crippen LogP contribution in [0.2, 0.25) is 0 Å². The number of amides is 2. The molecular formula is C13H22N2O4. The van der Waals surface area contributed by atoms with E-state index in [-0.39, 0.29) is 12.1 Å². The van der Waals surface area contributed by atoms with Gasteiger partial charge in [0, 0.05) is 20.2 Å². The fourth-order valence-electron chi connectivity index (χ4n) is 2.73. The predicted octanol–water partition coefficient (Wildman–Crippen LogP) is 1.06. The number of ether oxygens (including phenoxy) is 1. The monoisotopic (exact) mass is 270 g/mol. The second kappa shape index (κ2) is 5.36. The van der Waals surface area contributed by atoms with Crippen LogP contribution in [0, 0.1) is 5.92 Å². The Balaban J connectivity index is 1.95. The van der Waals surface area contributed by atoms with Crippen molar-refractivity contribution >= 4 is 12.0 Å². The first-order chi connectivity index (χ1) is 8.98. The summed E-state index contributed by atoms with van der Waals surface area (Å²) in [6.45, 7) is 3.29. The first-order valence-electron chi connectivity index (χ1n) is 6.82. The molecule has 2 rings (SSSR count). The second-order valence-corrected chi connectivity index (χ2v) is 5.66. The molecule has 6 heteroatoms. The third-order valence-electron chi connectivity index (χ3n) is 4.44. The summed E-state index contributed by atoms with van der Waals surface area (Å²) < 4.78 is 5.36. The van der Waals surface area contributed by atoms with Crippen LogP contribution >= 0.6 is 0 Å². The number of piperidine rings is 1. The predicted molar refractivity (Wildman–Crippen MR) is 68.9 cm³/mol. The molecule has 2 fully saturated rings. The average Bonchev–Trinajstić information content (AvgIpc) is 2.33. The highest BCUT2D eigenvalue weighted by molar-refractivity contribution is 5.87. The van der Waals surface area contributed by atoms with E-state index in [4.69, 9.17) is 4.74 Å². The molecule has 2 aliphatic rings. The Morgan fingerprint density at radius 3 is 2.58 bits per heavy atom. The normalized spacial score (nSPS) is 29.5. The fourth-order valence-corrected chi connectivity index (χ4v) is 2.73. The maximum absolute atomic E-state index is 12.2. The van der Waals surface area contributed by atoms with Crippen molar-refractivity contribution < 1.29 is 19.4 Å². The highest BCUT2D eigenvalue weighted by Crippen LogP contribution is 2.32. The lowest BCUT2D eigenvalue weighted by Crippen LogP contribution is -2.63. The molecule has 2 atom stereocenters. The zero-order valence-corrected chi connectivity index (χ0v) is 11.5. The molecule has 1 aliphatic carbocycles. The Labute approximate surface area is 113 Å². The molecule has 2 unspecified atom stereocenters. The summed E-state index contributed by atoms with van der Waals surface area (Å²) in [6.07, 6.45) is 2.80. The highest BCUT2D eigenvalue weighted by Gasteiger charge is 2.46. The number of carbonyl (C=O) groups is 2. The molecule has 2 amide bonds. The first-order valence-corrected chi connectivity index (χ1v) is 6.82. The van der Waals surface area contributed by atoms with E-state index in [1.807, 2.05) is 0 Å². The van der Waals surface area contributed by atoms with Gasteiger partial charge in [0.1, 0.15) is 5.54 Å². The van der Waals surface area contributed by atoms with Crippen LogP contribution in [0.5, 0.6) is 0 Å². The standard InChI is InChI=1S/C13H22N2O4/c1-9-4-7-15(8-10(9)19-2)12(18)14-13(11(16)17)5-3-6-13/h9-10H,3-8H2,1-2H3,(H,14,18)(H,16,17). The molecule has 0 aromatic heterocycles. The molecule has 1 heterocycles. The Hall–Kier alpha value is -1.30. The Morgan fingerprint density at radius 1 is 1.42 bits per heavy atom. The number of nitrogens with zero attached hydrogens (tertiary/aromatic N) is 1. The highest BCUT2D eigenvalue weighted by atomic mass is 16.5. The van der Waals surface area contributed by atoms with Crippen molar-refractivity contribution in [1.29, 1.82) is 0 Å². The van der Waals surface area contributed by atoms with Gasteiger partial charge in [-0.05, 0) is 31.6 Å². The summed E-state index contributed by atoms with van der Waals surface area (Å²) in [5, 5.41) is 11.9. The molecule has 2 N–H and O–H groups in total. The third kappa shape index (κ3) is 2.68. The number of hydrogen-bond acceptors (Lipinski definition) is 3. The Kier molecular flexibility index (Phi) is 3.99. The Morgan fingerprint density at radius 2 is 2.11 bits per heavy atom. The minimum Gasteiger partial charge on any atom is -0.480 e. The number of carboxylic acid groups (broad SMARTS) is 1. The largest absolute Gasteiger partial charge is 0.480 e. The minimum absolute atomic E-state index is 0.0293. The molecule has 0 aromatic carbocycles. The van der Waals surface area contributed by atoms with E-state index in [2.05, 4.69) is 12.2 Å². The average molecular weight is 270 g/mol. The van der Waals surface area contributed by atoms with Gasteiger partial charge in [-0.2, -0.15) is 0 Å². The van der Waals surface area contributed by atoms with E-state index in [1.165, 1.54) is 0 Å². The van der Waals surface area contributed by atoms with Crippen molar-refractivity contribution in [2.45, 2.75) is 44.2 Å². The minimum atomic E-state index is -1.04. The second-order valence-electron chi connectivity index (χ2n) is 5.66. The van der Waals surface area contributed by atoms with Crippen LogP contribution < -0.4 is 5.32 Å². The van der Waals surface area contributed by atoms with Gasteiger partial charge < -0.3 is 20.1 Å². The van der Waals surface area contributed by atoms with E-state index in [1.54, 1.807) is 12.0 Å². The lowest BCUT2D eigenvalue weighted by molar-refractivity contribution is -0.148. The van der Waals surface area contributed by atoms with Gasteiger partial charge in [0.05, 0.1) is 6.10 Å². The summed E-state index contributed by atoms with van der Waals surface area (Å²) in [4.78, 5) is 25.1. The maximum Gasteiger partial charge on any atom is 0.329 e. The van der Waals surface area contributed by atoms with Crippen LogP contribution in [0.4, 0.5) is 4.79 Å². The van der Waals surface area contributed by atoms with Crippen molar-refractivity contribution in [2.24, 2.45) is 5.92 Å².